The lowest BCUT2D eigenvalue weighted by Crippen LogP contribution is -2.52. The van der Waals surface area contributed by atoms with Crippen molar-refractivity contribution in [2.75, 3.05) is 26.2 Å². The summed E-state index contributed by atoms with van der Waals surface area (Å²) < 4.78 is 5.50. The highest BCUT2D eigenvalue weighted by molar-refractivity contribution is 5.95. The molecule has 0 saturated carbocycles. The first-order valence-corrected chi connectivity index (χ1v) is 6.81. The summed E-state index contributed by atoms with van der Waals surface area (Å²) in [7, 11) is 0. The summed E-state index contributed by atoms with van der Waals surface area (Å²) in [5.41, 5.74) is 0. The molecular formula is C13H25N3O3. The monoisotopic (exact) mass is 271 g/mol. The van der Waals surface area contributed by atoms with Crippen molar-refractivity contribution >= 4 is 11.9 Å². The van der Waals surface area contributed by atoms with Crippen molar-refractivity contribution in [1.29, 1.82) is 0 Å². The maximum Gasteiger partial charge on any atom is 0.321 e. The molecule has 1 aliphatic heterocycles. The van der Waals surface area contributed by atoms with E-state index in [4.69, 9.17) is 4.74 Å². The molecule has 0 spiro atoms. The van der Waals surface area contributed by atoms with Gasteiger partial charge < -0.3 is 10.1 Å². The fourth-order valence-electron chi connectivity index (χ4n) is 1.88. The Kier molecular flexibility index (Phi) is 6.24. The lowest BCUT2D eigenvalue weighted by molar-refractivity contribution is -0.124. The lowest BCUT2D eigenvalue weighted by Gasteiger charge is -2.36. The average molecular weight is 271 g/mol. The summed E-state index contributed by atoms with van der Waals surface area (Å²) in [5.74, 6) is 0.0863. The van der Waals surface area contributed by atoms with Gasteiger partial charge in [0.25, 0.3) is 0 Å². The summed E-state index contributed by atoms with van der Waals surface area (Å²) in [5, 5.41) is 5.00. The van der Waals surface area contributed by atoms with Crippen molar-refractivity contribution in [3.63, 3.8) is 0 Å². The van der Waals surface area contributed by atoms with E-state index in [-0.39, 0.29) is 24.6 Å². The molecule has 1 fully saturated rings. The van der Waals surface area contributed by atoms with Crippen LogP contribution in [-0.4, -0.2) is 55.2 Å². The van der Waals surface area contributed by atoms with Crippen molar-refractivity contribution < 1.29 is 14.3 Å². The molecule has 0 aromatic rings. The van der Waals surface area contributed by atoms with E-state index in [1.54, 1.807) is 0 Å². The Morgan fingerprint density at radius 3 is 2.68 bits per heavy atom. The zero-order valence-electron chi connectivity index (χ0n) is 12.2. The number of imide groups is 1. The second kappa shape index (κ2) is 7.45. The van der Waals surface area contributed by atoms with Crippen LogP contribution in [0.4, 0.5) is 4.79 Å². The van der Waals surface area contributed by atoms with Crippen LogP contribution in [-0.2, 0) is 9.53 Å². The van der Waals surface area contributed by atoms with E-state index in [1.807, 2.05) is 32.6 Å². The SMILES string of the molecule is CC(C)CNC(=O)NC(=O)CN1CC(C)OCC1C. The minimum atomic E-state index is -0.423. The molecule has 1 saturated heterocycles. The number of rotatable bonds is 4. The van der Waals surface area contributed by atoms with E-state index in [9.17, 15) is 9.59 Å². The number of carbonyl (C=O) groups excluding carboxylic acids is 2. The number of nitrogens with one attached hydrogen (secondary N) is 2. The van der Waals surface area contributed by atoms with Gasteiger partial charge in [-0.2, -0.15) is 0 Å². The average Bonchev–Trinajstić information content (AvgIpc) is 2.31. The van der Waals surface area contributed by atoms with E-state index < -0.39 is 6.03 Å². The molecule has 2 N–H and O–H groups in total. The van der Waals surface area contributed by atoms with Gasteiger partial charge in [0.2, 0.25) is 5.91 Å². The normalized spacial score (nSPS) is 24.3. The van der Waals surface area contributed by atoms with Crippen LogP contribution in [0, 0.1) is 5.92 Å². The molecule has 0 radical (unpaired) electrons. The number of ether oxygens (including phenoxy) is 1. The van der Waals surface area contributed by atoms with Gasteiger partial charge >= 0.3 is 6.03 Å². The molecular weight excluding hydrogens is 246 g/mol. The molecule has 6 heteroatoms. The van der Waals surface area contributed by atoms with Crippen LogP contribution < -0.4 is 10.6 Å². The third-order valence-electron chi connectivity index (χ3n) is 3.01. The fourth-order valence-corrected chi connectivity index (χ4v) is 1.88. The number of morpholine rings is 1. The van der Waals surface area contributed by atoms with Gasteiger partial charge in [0.1, 0.15) is 0 Å². The van der Waals surface area contributed by atoms with E-state index in [0.717, 1.165) is 0 Å². The molecule has 1 rings (SSSR count). The fraction of sp³-hybridized carbons (Fsp3) is 0.846. The van der Waals surface area contributed by atoms with Crippen LogP contribution in [0.5, 0.6) is 0 Å². The molecule has 0 aliphatic carbocycles. The first kappa shape index (κ1) is 15.9. The summed E-state index contributed by atoms with van der Waals surface area (Å²) >= 11 is 0. The van der Waals surface area contributed by atoms with Gasteiger partial charge in [0.05, 0.1) is 19.3 Å². The minimum Gasteiger partial charge on any atom is -0.376 e. The molecule has 0 aromatic carbocycles. The van der Waals surface area contributed by atoms with Gasteiger partial charge in [0, 0.05) is 19.1 Å². The smallest absolute Gasteiger partial charge is 0.321 e. The molecule has 6 nitrogen and oxygen atoms in total. The third kappa shape index (κ3) is 6.02. The van der Waals surface area contributed by atoms with Gasteiger partial charge in [-0.05, 0) is 19.8 Å². The molecule has 0 aromatic heterocycles. The van der Waals surface area contributed by atoms with E-state index >= 15 is 0 Å². The highest BCUT2D eigenvalue weighted by Crippen LogP contribution is 2.10. The number of carbonyl (C=O) groups is 2. The van der Waals surface area contributed by atoms with Crippen LogP contribution in [0.25, 0.3) is 0 Å². The molecule has 110 valence electrons. The predicted octanol–water partition coefficient (Wildman–Crippen LogP) is 0.577. The molecule has 2 atom stereocenters. The summed E-state index contributed by atoms with van der Waals surface area (Å²) in [6.45, 7) is 10.1. The van der Waals surface area contributed by atoms with Gasteiger partial charge in [0.15, 0.2) is 0 Å². The Balaban J connectivity index is 2.31. The Labute approximate surface area is 114 Å². The number of nitrogens with zero attached hydrogens (tertiary/aromatic N) is 1. The highest BCUT2D eigenvalue weighted by Gasteiger charge is 2.25. The second-order valence-corrected chi connectivity index (χ2v) is 5.57. The van der Waals surface area contributed by atoms with Gasteiger partial charge in [-0.1, -0.05) is 13.8 Å². The zero-order valence-corrected chi connectivity index (χ0v) is 12.2. The Hall–Kier alpha value is -1.14. The summed E-state index contributed by atoms with van der Waals surface area (Å²) in [6, 6.07) is -0.228. The maximum absolute atomic E-state index is 11.8. The van der Waals surface area contributed by atoms with Crippen LogP contribution in [0.15, 0.2) is 0 Å². The van der Waals surface area contributed by atoms with E-state index in [1.165, 1.54) is 0 Å². The van der Waals surface area contributed by atoms with Crippen molar-refractivity contribution in [3.8, 4) is 0 Å². The quantitative estimate of drug-likeness (QED) is 0.784. The van der Waals surface area contributed by atoms with Crippen LogP contribution in [0.3, 0.4) is 0 Å². The van der Waals surface area contributed by atoms with Gasteiger partial charge in [-0.15, -0.1) is 0 Å². The molecule has 3 amide bonds. The topological polar surface area (TPSA) is 70.7 Å². The first-order chi connectivity index (χ1) is 8.88. The van der Waals surface area contributed by atoms with Gasteiger partial charge in [-0.25, -0.2) is 4.79 Å². The van der Waals surface area contributed by atoms with Crippen molar-refractivity contribution in [2.24, 2.45) is 5.92 Å². The Bertz CT molecular complexity index is 320. The predicted molar refractivity (Wildman–Crippen MR) is 72.8 cm³/mol. The van der Waals surface area contributed by atoms with Gasteiger partial charge in [-0.3, -0.25) is 15.0 Å². The minimum absolute atomic E-state index is 0.124. The largest absolute Gasteiger partial charge is 0.376 e. The maximum atomic E-state index is 11.8. The molecule has 1 aliphatic rings. The van der Waals surface area contributed by atoms with Crippen molar-refractivity contribution in [3.05, 3.63) is 0 Å². The van der Waals surface area contributed by atoms with Crippen LogP contribution >= 0.6 is 0 Å². The van der Waals surface area contributed by atoms with E-state index in [0.29, 0.717) is 25.6 Å². The molecule has 19 heavy (non-hydrogen) atoms. The number of amides is 3. The molecule has 0 bridgehead atoms. The van der Waals surface area contributed by atoms with Crippen molar-refractivity contribution in [1.82, 2.24) is 15.5 Å². The first-order valence-electron chi connectivity index (χ1n) is 6.81. The third-order valence-corrected chi connectivity index (χ3v) is 3.01. The van der Waals surface area contributed by atoms with Crippen LogP contribution in [0.2, 0.25) is 0 Å². The highest BCUT2D eigenvalue weighted by atomic mass is 16.5. The Morgan fingerprint density at radius 2 is 2.05 bits per heavy atom. The Morgan fingerprint density at radius 1 is 1.37 bits per heavy atom. The zero-order chi connectivity index (χ0) is 14.4. The van der Waals surface area contributed by atoms with Crippen LogP contribution in [0.1, 0.15) is 27.7 Å². The second-order valence-electron chi connectivity index (χ2n) is 5.57. The molecule has 2 unspecified atom stereocenters. The standard InChI is InChI=1S/C13H25N3O3/c1-9(2)5-14-13(18)15-12(17)7-16-6-11(4)19-8-10(16)3/h9-11H,5-8H2,1-4H3,(H2,14,15,17,18). The summed E-state index contributed by atoms with van der Waals surface area (Å²) in [6.07, 6.45) is 0.124. The van der Waals surface area contributed by atoms with Crippen molar-refractivity contribution in [2.45, 2.75) is 39.8 Å². The lowest BCUT2D eigenvalue weighted by atomic mass is 10.2. The number of hydrogen-bond acceptors (Lipinski definition) is 4. The molecule has 1 heterocycles. The number of urea groups is 1. The summed E-state index contributed by atoms with van der Waals surface area (Å²) in [4.78, 5) is 25.3. The number of hydrogen-bond donors (Lipinski definition) is 2. The van der Waals surface area contributed by atoms with E-state index in [2.05, 4.69) is 10.6 Å².